The number of hydrogen-bond acceptors (Lipinski definition) is 2. The Morgan fingerprint density at radius 1 is 1.11 bits per heavy atom. The fourth-order valence-electron chi connectivity index (χ4n) is 1.90. The highest BCUT2D eigenvalue weighted by molar-refractivity contribution is 5.94. The summed E-state index contributed by atoms with van der Waals surface area (Å²) in [5.41, 5.74) is 3.10. The Balaban J connectivity index is 2.36. The van der Waals surface area contributed by atoms with Gasteiger partial charge in [0.1, 0.15) is 0 Å². The van der Waals surface area contributed by atoms with Gasteiger partial charge in [0, 0.05) is 24.0 Å². The maximum atomic E-state index is 11.2. The van der Waals surface area contributed by atoms with E-state index < -0.39 is 0 Å². The van der Waals surface area contributed by atoms with Crippen molar-refractivity contribution in [3.05, 3.63) is 65.5 Å². The van der Waals surface area contributed by atoms with Crippen LogP contribution in [0.25, 0.3) is 4.85 Å². The number of hydrogen-bond donors (Lipinski definition) is 0. The van der Waals surface area contributed by atoms with Gasteiger partial charge in [0.25, 0.3) is 0 Å². The SMILES string of the molecule is [C-]#[N+]c1ccccc1N(C)c1ccc(C(C)=O)cc1. The molecule has 0 atom stereocenters. The van der Waals surface area contributed by atoms with Crippen LogP contribution >= 0.6 is 0 Å². The topological polar surface area (TPSA) is 24.7 Å². The molecule has 0 amide bonds. The van der Waals surface area contributed by atoms with Crippen molar-refractivity contribution in [3.8, 4) is 0 Å². The third-order valence-electron chi connectivity index (χ3n) is 3.02. The second kappa shape index (κ2) is 5.36. The number of benzene rings is 2. The quantitative estimate of drug-likeness (QED) is 0.602. The fourth-order valence-corrected chi connectivity index (χ4v) is 1.90. The van der Waals surface area contributed by atoms with Crippen LogP contribution in [0.2, 0.25) is 0 Å². The van der Waals surface area contributed by atoms with E-state index in [-0.39, 0.29) is 5.78 Å². The molecule has 3 nitrogen and oxygen atoms in total. The Morgan fingerprint density at radius 2 is 1.74 bits per heavy atom. The lowest BCUT2D eigenvalue weighted by molar-refractivity contribution is 0.101. The van der Waals surface area contributed by atoms with Crippen LogP contribution < -0.4 is 4.90 Å². The van der Waals surface area contributed by atoms with Crippen molar-refractivity contribution < 1.29 is 4.79 Å². The van der Waals surface area contributed by atoms with Crippen molar-refractivity contribution in [1.29, 1.82) is 0 Å². The van der Waals surface area contributed by atoms with E-state index in [0.29, 0.717) is 11.3 Å². The van der Waals surface area contributed by atoms with Crippen LogP contribution in [0.15, 0.2) is 48.5 Å². The molecule has 0 fully saturated rings. The van der Waals surface area contributed by atoms with Crippen LogP contribution in [0.1, 0.15) is 17.3 Å². The summed E-state index contributed by atoms with van der Waals surface area (Å²) in [5.74, 6) is 0.0516. The Hall–Kier alpha value is -2.60. The van der Waals surface area contributed by atoms with E-state index in [9.17, 15) is 4.79 Å². The summed E-state index contributed by atoms with van der Waals surface area (Å²) in [6.45, 7) is 8.73. The average molecular weight is 250 g/mol. The molecule has 3 heteroatoms. The molecular weight excluding hydrogens is 236 g/mol. The zero-order chi connectivity index (χ0) is 13.8. The minimum absolute atomic E-state index is 0.0516. The van der Waals surface area contributed by atoms with E-state index in [0.717, 1.165) is 11.4 Å². The van der Waals surface area contributed by atoms with Gasteiger partial charge in [-0.1, -0.05) is 18.2 Å². The van der Waals surface area contributed by atoms with Gasteiger partial charge in [0.05, 0.1) is 6.57 Å². The summed E-state index contributed by atoms with van der Waals surface area (Å²) < 4.78 is 0. The summed E-state index contributed by atoms with van der Waals surface area (Å²) >= 11 is 0. The highest BCUT2D eigenvalue weighted by Gasteiger charge is 2.09. The molecule has 19 heavy (non-hydrogen) atoms. The number of carbonyl (C=O) groups excluding carboxylic acids is 1. The lowest BCUT2D eigenvalue weighted by atomic mass is 10.1. The molecule has 2 aromatic carbocycles. The number of nitrogens with zero attached hydrogens (tertiary/aromatic N) is 2. The van der Waals surface area contributed by atoms with E-state index >= 15 is 0 Å². The van der Waals surface area contributed by atoms with E-state index in [2.05, 4.69) is 4.85 Å². The molecular formula is C16H14N2O. The third-order valence-corrected chi connectivity index (χ3v) is 3.02. The predicted molar refractivity (Wildman–Crippen MR) is 77.2 cm³/mol. The van der Waals surface area contributed by atoms with Gasteiger partial charge < -0.3 is 4.90 Å². The second-order valence-corrected chi connectivity index (χ2v) is 4.26. The van der Waals surface area contributed by atoms with Crippen molar-refractivity contribution >= 4 is 22.8 Å². The van der Waals surface area contributed by atoms with Crippen molar-refractivity contribution in [2.24, 2.45) is 0 Å². The first-order valence-electron chi connectivity index (χ1n) is 5.94. The lowest BCUT2D eigenvalue weighted by Crippen LogP contribution is -2.09. The molecule has 0 spiro atoms. The lowest BCUT2D eigenvalue weighted by Gasteiger charge is -2.21. The van der Waals surface area contributed by atoms with Gasteiger partial charge in [0.15, 0.2) is 5.78 Å². The van der Waals surface area contributed by atoms with Gasteiger partial charge in [-0.25, -0.2) is 4.85 Å². The molecule has 0 aliphatic rings. The van der Waals surface area contributed by atoms with E-state index in [1.165, 1.54) is 0 Å². The number of Topliss-reactive ketones (excluding diaryl/α,β-unsaturated/α-hetero) is 1. The predicted octanol–water partition coefficient (Wildman–Crippen LogP) is 4.21. The Bertz CT molecular complexity index is 639. The maximum absolute atomic E-state index is 11.2. The number of anilines is 2. The van der Waals surface area contributed by atoms with Gasteiger partial charge in [-0.2, -0.15) is 0 Å². The molecule has 0 heterocycles. The molecule has 0 saturated heterocycles. The van der Waals surface area contributed by atoms with Crippen LogP contribution in [0.3, 0.4) is 0 Å². The molecule has 0 bridgehead atoms. The second-order valence-electron chi connectivity index (χ2n) is 4.26. The monoisotopic (exact) mass is 250 g/mol. The number of rotatable bonds is 3. The summed E-state index contributed by atoms with van der Waals surface area (Å²) in [6.07, 6.45) is 0. The number of para-hydroxylation sites is 2. The Labute approximate surface area is 112 Å². The minimum Gasteiger partial charge on any atom is -0.354 e. The molecule has 2 rings (SSSR count). The standard InChI is InChI=1S/C16H14N2O/c1-12(19)13-8-10-14(11-9-13)18(3)16-7-5-4-6-15(16)17-2/h4-11H,1,3H3. The zero-order valence-electron chi connectivity index (χ0n) is 10.9. The zero-order valence-corrected chi connectivity index (χ0v) is 10.9. The van der Waals surface area contributed by atoms with Gasteiger partial charge in [-0.15, -0.1) is 0 Å². The first kappa shape index (κ1) is 12.8. The van der Waals surface area contributed by atoms with Crippen LogP contribution in [-0.2, 0) is 0 Å². The molecule has 0 N–H and O–H groups in total. The Morgan fingerprint density at radius 3 is 2.32 bits per heavy atom. The van der Waals surface area contributed by atoms with Gasteiger partial charge in [-0.05, 0) is 37.3 Å². The molecule has 0 aliphatic heterocycles. The van der Waals surface area contributed by atoms with Crippen molar-refractivity contribution in [3.63, 3.8) is 0 Å². The largest absolute Gasteiger partial charge is 0.354 e. The fraction of sp³-hybridized carbons (Fsp3) is 0.125. The normalized spacial score (nSPS) is 9.74. The minimum atomic E-state index is 0.0516. The summed E-state index contributed by atoms with van der Waals surface area (Å²) in [6, 6.07) is 14.8. The number of ketones is 1. The highest BCUT2D eigenvalue weighted by atomic mass is 16.1. The van der Waals surface area contributed by atoms with Crippen LogP contribution in [0, 0.1) is 6.57 Å². The number of carbonyl (C=O) groups is 1. The first-order chi connectivity index (χ1) is 9.13. The van der Waals surface area contributed by atoms with Crippen molar-refractivity contribution in [2.45, 2.75) is 6.92 Å². The molecule has 2 aromatic rings. The summed E-state index contributed by atoms with van der Waals surface area (Å²) in [7, 11) is 1.91. The smallest absolute Gasteiger partial charge is 0.210 e. The van der Waals surface area contributed by atoms with Crippen molar-refractivity contribution in [2.75, 3.05) is 11.9 Å². The van der Waals surface area contributed by atoms with E-state index in [1.807, 2.05) is 42.3 Å². The third kappa shape index (κ3) is 2.63. The van der Waals surface area contributed by atoms with E-state index in [1.54, 1.807) is 25.1 Å². The summed E-state index contributed by atoms with van der Waals surface area (Å²) in [5, 5.41) is 0. The summed E-state index contributed by atoms with van der Waals surface area (Å²) in [4.78, 5) is 16.7. The van der Waals surface area contributed by atoms with Gasteiger partial charge in [-0.3, -0.25) is 4.79 Å². The molecule has 0 unspecified atom stereocenters. The Kier molecular flexibility index (Phi) is 3.63. The van der Waals surface area contributed by atoms with E-state index in [4.69, 9.17) is 6.57 Å². The van der Waals surface area contributed by atoms with Crippen LogP contribution in [-0.4, -0.2) is 12.8 Å². The molecule has 0 saturated carbocycles. The van der Waals surface area contributed by atoms with Gasteiger partial charge in [0.2, 0.25) is 5.69 Å². The van der Waals surface area contributed by atoms with Gasteiger partial charge >= 0.3 is 0 Å². The molecule has 0 radical (unpaired) electrons. The average Bonchev–Trinajstić information content (AvgIpc) is 2.46. The first-order valence-corrected chi connectivity index (χ1v) is 5.94. The molecule has 94 valence electrons. The maximum Gasteiger partial charge on any atom is 0.210 e. The molecule has 0 aromatic heterocycles. The molecule has 0 aliphatic carbocycles. The van der Waals surface area contributed by atoms with Crippen LogP contribution in [0.5, 0.6) is 0 Å². The van der Waals surface area contributed by atoms with Crippen LogP contribution in [0.4, 0.5) is 17.1 Å². The highest BCUT2D eigenvalue weighted by Crippen LogP contribution is 2.32. The van der Waals surface area contributed by atoms with Crippen molar-refractivity contribution in [1.82, 2.24) is 0 Å².